The summed E-state index contributed by atoms with van der Waals surface area (Å²) < 4.78 is 11.0. The van der Waals surface area contributed by atoms with Gasteiger partial charge in [0.1, 0.15) is 12.4 Å². The van der Waals surface area contributed by atoms with Crippen molar-refractivity contribution in [1.82, 2.24) is 5.32 Å². The van der Waals surface area contributed by atoms with Gasteiger partial charge in [-0.05, 0) is 37.6 Å². The number of hydrogen-bond donors (Lipinski definition) is 1. The lowest BCUT2D eigenvalue weighted by molar-refractivity contribution is 0.0845. The van der Waals surface area contributed by atoms with Gasteiger partial charge in [0, 0.05) is 6.61 Å². The van der Waals surface area contributed by atoms with Crippen LogP contribution in [0.1, 0.15) is 6.42 Å². The molecule has 1 heterocycles. The van der Waals surface area contributed by atoms with Crippen LogP contribution in [0.25, 0.3) is 0 Å². The Kier molecular flexibility index (Phi) is 4.65. The number of ether oxygens (including phenoxy) is 2. The van der Waals surface area contributed by atoms with Gasteiger partial charge in [0.2, 0.25) is 0 Å². The van der Waals surface area contributed by atoms with E-state index in [2.05, 4.69) is 5.32 Å². The molecule has 0 aliphatic carbocycles. The van der Waals surface area contributed by atoms with E-state index in [1.54, 1.807) is 0 Å². The molecule has 0 atom stereocenters. The van der Waals surface area contributed by atoms with Crippen LogP contribution in [0.4, 0.5) is 0 Å². The molecule has 3 nitrogen and oxygen atoms in total. The van der Waals surface area contributed by atoms with Crippen LogP contribution in [0.5, 0.6) is 5.75 Å². The molecule has 1 N–H and O–H groups in total. The maximum atomic E-state index is 5.52. The maximum absolute atomic E-state index is 5.52. The molecule has 1 aromatic carbocycles. The predicted octanol–water partition coefficient (Wildman–Crippen LogP) is 1.69. The van der Waals surface area contributed by atoms with Gasteiger partial charge >= 0.3 is 0 Å². The highest BCUT2D eigenvalue weighted by molar-refractivity contribution is 5.20. The Hall–Kier alpha value is -1.06. The molecule has 1 aromatic rings. The van der Waals surface area contributed by atoms with E-state index in [4.69, 9.17) is 9.47 Å². The Morgan fingerprint density at radius 1 is 1.06 bits per heavy atom. The summed E-state index contributed by atoms with van der Waals surface area (Å²) in [6, 6.07) is 9.84. The molecule has 1 fully saturated rings. The number of rotatable bonds is 7. The number of nitrogens with one attached hydrogen (secondary N) is 1. The van der Waals surface area contributed by atoms with Gasteiger partial charge in [0.25, 0.3) is 0 Å². The van der Waals surface area contributed by atoms with Crippen LogP contribution in [-0.4, -0.2) is 32.9 Å². The van der Waals surface area contributed by atoms with Crippen molar-refractivity contribution in [3.05, 3.63) is 30.3 Å². The second-order valence-corrected chi connectivity index (χ2v) is 4.09. The van der Waals surface area contributed by atoms with Crippen LogP contribution in [0.3, 0.4) is 0 Å². The molecule has 0 unspecified atom stereocenters. The first-order chi connectivity index (χ1) is 7.95. The lowest BCUT2D eigenvalue weighted by Crippen LogP contribution is -2.42. The zero-order chi connectivity index (χ0) is 11.1. The van der Waals surface area contributed by atoms with Gasteiger partial charge in [-0.3, -0.25) is 0 Å². The van der Waals surface area contributed by atoms with E-state index in [1.807, 2.05) is 30.3 Å². The van der Waals surface area contributed by atoms with Crippen LogP contribution in [0, 0.1) is 5.92 Å². The second-order valence-electron chi connectivity index (χ2n) is 4.09. The van der Waals surface area contributed by atoms with E-state index in [0.29, 0.717) is 13.2 Å². The van der Waals surface area contributed by atoms with Crippen LogP contribution < -0.4 is 10.1 Å². The molecule has 0 bridgehead atoms. The molecular weight excluding hydrogens is 202 g/mol. The summed E-state index contributed by atoms with van der Waals surface area (Å²) in [5.74, 6) is 1.74. The second kappa shape index (κ2) is 6.51. The van der Waals surface area contributed by atoms with E-state index in [9.17, 15) is 0 Å². The summed E-state index contributed by atoms with van der Waals surface area (Å²) >= 11 is 0. The highest BCUT2D eigenvalue weighted by atomic mass is 16.5. The van der Waals surface area contributed by atoms with Gasteiger partial charge in [-0.1, -0.05) is 18.2 Å². The van der Waals surface area contributed by atoms with E-state index in [0.717, 1.165) is 31.4 Å². The summed E-state index contributed by atoms with van der Waals surface area (Å²) in [7, 11) is 0. The predicted molar refractivity (Wildman–Crippen MR) is 63.7 cm³/mol. The summed E-state index contributed by atoms with van der Waals surface area (Å²) in [4.78, 5) is 0. The summed E-state index contributed by atoms with van der Waals surface area (Å²) in [6.45, 7) is 4.47. The Bertz CT molecular complexity index is 285. The average molecular weight is 221 g/mol. The molecule has 0 radical (unpaired) electrons. The summed E-state index contributed by atoms with van der Waals surface area (Å²) in [5, 5.41) is 3.25. The Labute approximate surface area is 96.8 Å². The first-order valence-corrected chi connectivity index (χ1v) is 5.91. The highest BCUT2D eigenvalue weighted by Crippen LogP contribution is 2.09. The first-order valence-electron chi connectivity index (χ1n) is 5.91. The van der Waals surface area contributed by atoms with Crippen molar-refractivity contribution in [2.75, 3.05) is 32.9 Å². The summed E-state index contributed by atoms with van der Waals surface area (Å²) in [6.07, 6.45) is 1.17. The molecular formula is C13H19NO2. The number of benzene rings is 1. The molecule has 0 spiro atoms. The van der Waals surface area contributed by atoms with E-state index < -0.39 is 0 Å². The first kappa shape index (κ1) is 11.4. The van der Waals surface area contributed by atoms with Crippen LogP contribution in [0.2, 0.25) is 0 Å². The highest BCUT2D eigenvalue weighted by Gasteiger charge is 2.15. The average Bonchev–Trinajstić information content (AvgIpc) is 2.27. The molecule has 3 heteroatoms. The van der Waals surface area contributed by atoms with Gasteiger partial charge in [-0.25, -0.2) is 0 Å². The topological polar surface area (TPSA) is 30.5 Å². The minimum absolute atomic E-state index is 0.632. The molecule has 0 aromatic heterocycles. The van der Waals surface area contributed by atoms with E-state index in [1.165, 1.54) is 6.42 Å². The Morgan fingerprint density at radius 2 is 1.88 bits per heavy atom. The van der Waals surface area contributed by atoms with Gasteiger partial charge < -0.3 is 14.8 Å². The van der Waals surface area contributed by atoms with Crippen molar-refractivity contribution in [3.8, 4) is 5.75 Å². The molecule has 0 amide bonds. The van der Waals surface area contributed by atoms with Crippen molar-refractivity contribution in [2.24, 2.45) is 5.92 Å². The zero-order valence-electron chi connectivity index (χ0n) is 9.52. The van der Waals surface area contributed by atoms with Crippen molar-refractivity contribution in [2.45, 2.75) is 6.42 Å². The molecule has 88 valence electrons. The molecule has 0 saturated carbocycles. The van der Waals surface area contributed by atoms with Crippen LogP contribution >= 0.6 is 0 Å². The molecule has 1 saturated heterocycles. The Morgan fingerprint density at radius 3 is 2.56 bits per heavy atom. The van der Waals surface area contributed by atoms with Crippen LogP contribution in [-0.2, 0) is 4.74 Å². The molecule has 2 rings (SSSR count). The van der Waals surface area contributed by atoms with E-state index >= 15 is 0 Å². The van der Waals surface area contributed by atoms with Crippen molar-refractivity contribution >= 4 is 0 Å². The smallest absolute Gasteiger partial charge is 0.119 e. The fourth-order valence-corrected chi connectivity index (χ4v) is 1.64. The van der Waals surface area contributed by atoms with Gasteiger partial charge in [-0.15, -0.1) is 0 Å². The molecule has 1 aliphatic rings. The minimum atomic E-state index is 0.632. The lowest BCUT2D eigenvalue weighted by atomic mass is 10.0. The quantitative estimate of drug-likeness (QED) is 0.711. The molecule has 16 heavy (non-hydrogen) atoms. The van der Waals surface area contributed by atoms with Gasteiger partial charge in [-0.2, -0.15) is 0 Å². The molecule has 1 aliphatic heterocycles. The number of para-hydroxylation sites is 1. The normalized spacial score (nSPS) is 15.8. The SMILES string of the molecule is c1ccc(OCCOCCC2CNC2)cc1. The fourth-order valence-electron chi connectivity index (χ4n) is 1.64. The minimum Gasteiger partial charge on any atom is -0.491 e. The van der Waals surface area contributed by atoms with Crippen molar-refractivity contribution in [1.29, 1.82) is 0 Å². The Balaban J connectivity index is 1.45. The monoisotopic (exact) mass is 221 g/mol. The van der Waals surface area contributed by atoms with Crippen LogP contribution in [0.15, 0.2) is 30.3 Å². The fraction of sp³-hybridized carbons (Fsp3) is 0.538. The number of hydrogen-bond acceptors (Lipinski definition) is 3. The third kappa shape index (κ3) is 3.83. The van der Waals surface area contributed by atoms with E-state index in [-0.39, 0.29) is 0 Å². The third-order valence-corrected chi connectivity index (χ3v) is 2.78. The lowest BCUT2D eigenvalue weighted by Gasteiger charge is -2.26. The van der Waals surface area contributed by atoms with Gasteiger partial charge in [0.15, 0.2) is 0 Å². The van der Waals surface area contributed by atoms with Crippen molar-refractivity contribution in [3.63, 3.8) is 0 Å². The summed E-state index contributed by atoms with van der Waals surface area (Å²) in [5.41, 5.74) is 0. The largest absolute Gasteiger partial charge is 0.491 e. The van der Waals surface area contributed by atoms with Gasteiger partial charge in [0.05, 0.1) is 6.61 Å². The van der Waals surface area contributed by atoms with Crippen molar-refractivity contribution < 1.29 is 9.47 Å². The standard InChI is InChI=1S/C13H19NO2/c1-2-4-13(5-3-1)16-9-8-15-7-6-12-10-14-11-12/h1-5,12,14H,6-11H2. The maximum Gasteiger partial charge on any atom is 0.119 e. The third-order valence-electron chi connectivity index (χ3n) is 2.78. The zero-order valence-corrected chi connectivity index (χ0v) is 9.52.